The number of hydrogen-bond donors (Lipinski definition) is 1. The van der Waals surface area contributed by atoms with Crippen molar-refractivity contribution in [3.05, 3.63) is 65.7 Å². The summed E-state index contributed by atoms with van der Waals surface area (Å²) < 4.78 is 15.5. The zero-order valence-corrected chi connectivity index (χ0v) is 13.6. The maximum Gasteiger partial charge on any atom is 0.342 e. The van der Waals surface area contributed by atoms with Gasteiger partial charge in [-0.25, -0.2) is 4.79 Å². The van der Waals surface area contributed by atoms with Gasteiger partial charge in [0.05, 0.1) is 0 Å². The first kappa shape index (κ1) is 16.0. The van der Waals surface area contributed by atoms with Gasteiger partial charge in [-0.05, 0) is 29.7 Å². The third-order valence-electron chi connectivity index (χ3n) is 4.15. The highest BCUT2D eigenvalue weighted by atomic mass is 16.7. The Labute approximate surface area is 148 Å². The molecule has 6 nitrogen and oxygen atoms in total. The lowest BCUT2D eigenvalue weighted by atomic mass is 10.1. The molecular formula is C20H14O6. The minimum atomic E-state index is -0.762. The van der Waals surface area contributed by atoms with E-state index in [0.717, 1.165) is 5.39 Å². The highest BCUT2D eigenvalue weighted by molar-refractivity contribution is 6.03. The molecule has 3 aromatic carbocycles. The first-order valence-corrected chi connectivity index (χ1v) is 7.94. The van der Waals surface area contributed by atoms with Crippen LogP contribution in [0.25, 0.3) is 10.8 Å². The lowest BCUT2D eigenvalue weighted by molar-refractivity contribution is 0.0472. The van der Waals surface area contributed by atoms with E-state index < -0.39 is 12.6 Å². The average molecular weight is 350 g/mol. The largest absolute Gasteiger partial charge is 0.506 e. The maximum atomic E-state index is 12.3. The zero-order chi connectivity index (χ0) is 18.1. The zero-order valence-electron chi connectivity index (χ0n) is 13.6. The number of phenolic OH excluding ortho intramolecular Hbond substituents is 1. The summed E-state index contributed by atoms with van der Waals surface area (Å²) >= 11 is 0. The summed E-state index contributed by atoms with van der Waals surface area (Å²) in [5, 5.41) is 11.6. The number of hydrogen-bond acceptors (Lipinski definition) is 6. The first-order chi connectivity index (χ1) is 12.6. The molecule has 0 atom stereocenters. The lowest BCUT2D eigenvalue weighted by Crippen LogP contribution is -2.14. The average Bonchev–Trinajstić information content (AvgIpc) is 3.14. The molecule has 0 spiro atoms. The normalized spacial score (nSPS) is 12.2. The van der Waals surface area contributed by atoms with Gasteiger partial charge >= 0.3 is 5.97 Å². The highest BCUT2D eigenvalue weighted by Crippen LogP contribution is 2.33. The number of carbonyl (C=O) groups excluding carboxylic acids is 2. The van der Waals surface area contributed by atoms with Crippen LogP contribution >= 0.6 is 0 Å². The van der Waals surface area contributed by atoms with Crippen molar-refractivity contribution in [1.82, 2.24) is 0 Å². The van der Waals surface area contributed by atoms with Gasteiger partial charge in [-0.3, -0.25) is 4.79 Å². The molecule has 0 radical (unpaired) electrons. The molecule has 4 rings (SSSR count). The Hall–Kier alpha value is -3.54. The van der Waals surface area contributed by atoms with Crippen LogP contribution in [-0.2, 0) is 4.74 Å². The van der Waals surface area contributed by atoms with E-state index >= 15 is 0 Å². The summed E-state index contributed by atoms with van der Waals surface area (Å²) in [6.45, 7) is -0.325. The molecule has 1 N–H and O–H groups in total. The standard InChI is InChI=1S/C20H14O6/c21-16(13-6-8-17-18(9-13)26-11-25-17)10-24-20(23)15-7-5-12-3-1-2-4-14(12)19(15)22/h1-9,22H,10-11H2. The second-order valence-corrected chi connectivity index (χ2v) is 5.75. The number of esters is 1. The number of aromatic hydroxyl groups is 1. The summed E-state index contributed by atoms with van der Waals surface area (Å²) in [6, 6.07) is 15.1. The molecule has 0 amide bonds. The van der Waals surface area contributed by atoms with E-state index in [0.29, 0.717) is 22.4 Å². The number of carbonyl (C=O) groups is 2. The topological polar surface area (TPSA) is 82.1 Å². The Morgan fingerprint density at radius 2 is 1.81 bits per heavy atom. The summed E-state index contributed by atoms with van der Waals surface area (Å²) in [5.74, 6) is -0.253. The van der Waals surface area contributed by atoms with Crippen molar-refractivity contribution in [2.45, 2.75) is 0 Å². The van der Waals surface area contributed by atoms with Crippen LogP contribution in [0, 0.1) is 0 Å². The molecule has 0 bridgehead atoms. The molecule has 1 aliphatic heterocycles. The molecule has 26 heavy (non-hydrogen) atoms. The van der Waals surface area contributed by atoms with Crippen LogP contribution in [0.15, 0.2) is 54.6 Å². The fourth-order valence-corrected chi connectivity index (χ4v) is 2.78. The van der Waals surface area contributed by atoms with Crippen LogP contribution in [0.2, 0.25) is 0 Å². The molecule has 1 aliphatic rings. The fraction of sp³-hybridized carbons (Fsp3) is 0.100. The molecule has 3 aromatic rings. The van der Waals surface area contributed by atoms with Crippen molar-refractivity contribution < 1.29 is 28.9 Å². The Morgan fingerprint density at radius 1 is 1.00 bits per heavy atom. The molecule has 0 aliphatic carbocycles. The quantitative estimate of drug-likeness (QED) is 0.574. The number of fused-ring (bicyclic) bond motifs is 2. The van der Waals surface area contributed by atoms with Crippen molar-refractivity contribution in [3.8, 4) is 17.2 Å². The van der Waals surface area contributed by atoms with Crippen LogP contribution < -0.4 is 9.47 Å². The van der Waals surface area contributed by atoms with Crippen molar-refractivity contribution >= 4 is 22.5 Å². The summed E-state index contributed by atoms with van der Waals surface area (Å²) in [5.41, 5.74) is 0.368. The Bertz CT molecular complexity index is 1020. The lowest BCUT2D eigenvalue weighted by Gasteiger charge is -2.08. The van der Waals surface area contributed by atoms with Gasteiger partial charge in [-0.2, -0.15) is 0 Å². The Morgan fingerprint density at radius 3 is 2.69 bits per heavy atom. The fourth-order valence-electron chi connectivity index (χ4n) is 2.78. The molecule has 0 unspecified atom stereocenters. The first-order valence-electron chi connectivity index (χ1n) is 7.94. The maximum absolute atomic E-state index is 12.3. The van der Waals surface area contributed by atoms with E-state index in [9.17, 15) is 14.7 Å². The van der Waals surface area contributed by atoms with E-state index in [-0.39, 0.29) is 23.9 Å². The predicted octanol–water partition coefficient (Wildman–Crippen LogP) is 3.31. The van der Waals surface area contributed by atoms with Gasteiger partial charge in [0.15, 0.2) is 23.9 Å². The molecular weight excluding hydrogens is 336 g/mol. The van der Waals surface area contributed by atoms with Gasteiger partial charge in [-0.15, -0.1) is 0 Å². The second-order valence-electron chi connectivity index (χ2n) is 5.75. The molecule has 0 fully saturated rings. The predicted molar refractivity (Wildman–Crippen MR) is 92.8 cm³/mol. The molecule has 0 saturated carbocycles. The van der Waals surface area contributed by atoms with Crippen molar-refractivity contribution in [1.29, 1.82) is 0 Å². The van der Waals surface area contributed by atoms with Crippen LogP contribution in [0.5, 0.6) is 17.2 Å². The number of ether oxygens (including phenoxy) is 3. The van der Waals surface area contributed by atoms with Gasteiger partial charge in [0.25, 0.3) is 0 Å². The van der Waals surface area contributed by atoms with Crippen LogP contribution in [0.3, 0.4) is 0 Å². The molecule has 0 saturated heterocycles. The van der Waals surface area contributed by atoms with Gasteiger partial charge in [0.2, 0.25) is 6.79 Å². The van der Waals surface area contributed by atoms with E-state index in [1.807, 2.05) is 12.1 Å². The highest BCUT2D eigenvalue weighted by Gasteiger charge is 2.19. The van der Waals surface area contributed by atoms with Gasteiger partial charge in [-0.1, -0.05) is 30.3 Å². The van der Waals surface area contributed by atoms with Crippen molar-refractivity contribution in [3.63, 3.8) is 0 Å². The van der Waals surface area contributed by atoms with E-state index in [2.05, 4.69) is 0 Å². The summed E-state index contributed by atoms with van der Waals surface area (Å²) in [4.78, 5) is 24.5. The third kappa shape index (κ3) is 2.82. The minimum absolute atomic E-state index is 0.0159. The smallest absolute Gasteiger partial charge is 0.342 e. The SMILES string of the molecule is O=C(COC(=O)c1ccc2ccccc2c1O)c1ccc2c(c1)OCO2. The molecule has 0 aromatic heterocycles. The third-order valence-corrected chi connectivity index (χ3v) is 4.15. The van der Waals surface area contributed by atoms with Crippen molar-refractivity contribution in [2.24, 2.45) is 0 Å². The van der Waals surface area contributed by atoms with Gasteiger partial charge < -0.3 is 19.3 Å². The minimum Gasteiger partial charge on any atom is -0.506 e. The van der Waals surface area contributed by atoms with Crippen molar-refractivity contribution in [2.75, 3.05) is 13.4 Å². The number of ketones is 1. The molecule has 6 heteroatoms. The Balaban J connectivity index is 1.48. The van der Waals surface area contributed by atoms with Crippen LogP contribution in [0.4, 0.5) is 0 Å². The van der Waals surface area contributed by atoms with E-state index in [1.54, 1.807) is 36.4 Å². The monoisotopic (exact) mass is 350 g/mol. The summed E-state index contributed by atoms with van der Waals surface area (Å²) in [7, 11) is 0. The van der Waals surface area contributed by atoms with E-state index in [1.165, 1.54) is 6.07 Å². The van der Waals surface area contributed by atoms with E-state index in [4.69, 9.17) is 14.2 Å². The number of Topliss-reactive ketones (excluding diaryl/α,β-unsaturated/α-hetero) is 1. The summed E-state index contributed by atoms with van der Waals surface area (Å²) in [6.07, 6.45) is 0. The Kier molecular flexibility index (Phi) is 3.93. The van der Waals surface area contributed by atoms with Crippen LogP contribution in [0.1, 0.15) is 20.7 Å². The number of rotatable bonds is 4. The number of benzene rings is 3. The van der Waals surface area contributed by atoms with Gasteiger partial charge in [0.1, 0.15) is 11.3 Å². The second kappa shape index (κ2) is 6.40. The van der Waals surface area contributed by atoms with Gasteiger partial charge in [0, 0.05) is 10.9 Å². The molecule has 1 heterocycles. The van der Waals surface area contributed by atoms with Crippen LogP contribution in [-0.4, -0.2) is 30.3 Å². The molecule has 130 valence electrons. The number of phenols is 1.